The number of fused-ring (bicyclic) bond motifs is 1. The van der Waals surface area contributed by atoms with Gasteiger partial charge in [0, 0.05) is 24.7 Å². The first-order chi connectivity index (χ1) is 13.1. The Kier molecular flexibility index (Phi) is 7.45. The number of ether oxygens (including phenoxy) is 3. The molecule has 3 aromatic rings. The first kappa shape index (κ1) is 21.7. The van der Waals surface area contributed by atoms with E-state index in [0.29, 0.717) is 29.4 Å². The maximum atomic E-state index is 12.7. The van der Waals surface area contributed by atoms with Gasteiger partial charge in [-0.15, -0.1) is 0 Å². The van der Waals surface area contributed by atoms with Gasteiger partial charge < -0.3 is 43.5 Å². The van der Waals surface area contributed by atoms with Gasteiger partial charge in [0.05, 0.1) is 39.5 Å². The maximum absolute atomic E-state index is 12.7. The molecule has 0 aliphatic heterocycles. The van der Waals surface area contributed by atoms with Gasteiger partial charge in [0.2, 0.25) is 5.75 Å². The smallest absolute Gasteiger partial charge is 0.252 e. The van der Waals surface area contributed by atoms with E-state index in [2.05, 4.69) is 23.5 Å². The Bertz CT molecular complexity index is 966. The molecule has 2 aromatic carbocycles. The number of nitrogens with one attached hydrogen (secondary N) is 1. The summed E-state index contributed by atoms with van der Waals surface area (Å²) in [4.78, 5) is 12.7. The Hall–Kier alpha value is -2.55. The molecule has 0 radical (unpaired) electrons. The molecule has 0 unspecified atom stereocenters. The van der Waals surface area contributed by atoms with Gasteiger partial charge in [0.1, 0.15) is 11.1 Å². The molecule has 28 heavy (non-hydrogen) atoms. The van der Waals surface area contributed by atoms with Crippen molar-refractivity contribution in [3.05, 3.63) is 59.9 Å². The van der Waals surface area contributed by atoms with Crippen LogP contribution in [0.2, 0.25) is 0 Å². The lowest BCUT2D eigenvalue weighted by Gasteiger charge is -2.14. The zero-order chi connectivity index (χ0) is 19.4. The van der Waals surface area contributed by atoms with E-state index in [4.69, 9.17) is 14.2 Å². The SMILES string of the molecule is COc1cc(C(=O)NC[c+]2c3ccccc3ccn2C)cc(OC)c1OC.[I-]. The van der Waals surface area contributed by atoms with Crippen LogP contribution in [-0.4, -0.2) is 31.8 Å². The Morgan fingerprint density at radius 2 is 1.68 bits per heavy atom. The van der Waals surface area contributed by atoms with E-state index >= 15 is 0 Å². The van der Waals surface area contributed by atoms with Gasteiger partial charge in [0.25, 0.3) is 5.91 Å². The Labute approximate surface area is 181 Å². The van der Waals surface area contributed by atoms with Crippen molar-refractivity contribution in [2.75, 3.05) is 21.3 Å². The highest BCUT2D eigenvalue weighted by Gasteiger charge is 2.18. The van der Waals surface area contributed by atoms with E-state index in [1.165, 1.54) is 21.3 Å². The molecule has 0 spiro atoms. The fraction of sp³-hybridized carbons (Fsp3) is 0.238. The molecular weight excluding hydrogens is 471 g/mol. The monoisotopic (exact) mass is 494 g/mol. The Morgan fingerprint density at radius 3 is 2.29 bits per heavy atom. The van der Waals surface area contributed by atoms with Gasteiger partial charge >= 0.3 is 0 Å². The number of rotatable bonds is 6. The molecular formula is C21H23IN2O4. The maximum Gasteiger partial charge on any atom is 0.252 e. The van der Waals surface area contributed by atoms with E-state index in [-0.39, 0.29) is 29.9 Å². The van der Waals surface area contributed by atoms with Crippen molar-refractivity contribution in [3.8, 4) is 17.2 Å². The zero-order valence-corrected chi connectivity index (χ0v) is 18.4. The lowest BCUT2D eigenvalue weighted by molar-refractivity contribution is -0.0000144. The van der Waals surface area contributed by atoms with Crippen molar-refractivity contribution < 1.29 is 43.0 Å². The molecule has 0 saturated heterocycles. The van der Waals surface area contributed by atoms with Crippen molar-refractivity contribution in [1.29, 1.82) is 0 Å². The van der Waals surface area contributed by atoms with Gasteiger partial charge in [-0.2, -0.15) is 0 Å². The number of aromatic nitrogens is 1. The number of halogens is 1. The summed E-state index contributed by atoms with van der Waals surface area (Å²) < 4.78 is 18.0. The fourth-order valence-corrected chi connectivity index (χ4v) is 3.08. The van der Waals surface area contributed by atoms with Crippen LogP contribution in [0.15, 0.2) is 48.7 Å². The van der Waals surface area contributed by atoms with Gasteiger partial charge in [-0.25, -0.2) is 0 Å². The normalized spacial score (nSPS) is 10.1. The van der Waals surface area contributed by atoms with Crippen molar-refractivity contribution in [1.82, 2.24) is 9.88 Å². The topological polar surface area (TPSA) is 61.7 Å². The summed E-state index contributed by atoms with van der Waals surface area (Å²) in [5.74, 6) is 1.12. The van der Waals surface area contributed by atoms with E-state index in [0.717, 1.165) is 16.5 Å². The second-order valence-electron chi connectivity index (χ2n) is 6.06. The van der Waals surface area contributed by atoms with Gasteiger partial charge in [-0.05, 0) is 30.3 Å². The molecule has 0 fully saturated rings. The summed E-state index contributed by atoms with van der Waals surface area (Å²) in [6, 6.07) is 13.4. The molecule has 0 aliphatic rings. The highest BCUT2D eigenvalue weighted by Crippen LogP contribution is 2.38. The third kappa shape index (κ3) is 4.30. The molecule has 0 aliphatic carbocycles. The molecule has 6 nitrogen and oxygen atoms in total. The van der Waals surface area contributed by atoms with Crippen molar-refractivity contribution in [2.45, 2.75) is 6.54 Å². The molecule has 148 valence electrons. The molecule has 0 bridgehead atoms. The first-order valence-electron chi connectivity index (χ1n) is 8.53. The third-order valence-corrected chi connectivity index (χ3v) is 4.52. The van der Waals surface area contributed by atoms with Gasteiger partial charge in [0.15, 0.2) is 11.5 Å². The molecule has 1 amide bonds. The molecule has 1 N–H and O–H groups in total. The average molecular weight is 494 g/mol. The fourth-order valence-electron chi connectivity index (χ4n) is 3.08. The van der Waals surface area contributed by atoms with Crippen LogP contribution in [0.3, 0.4) is 0 Å². The Morgan fingerprint density at radius 1 is 1.04 bits per heavy atom. The summed E-state index contributed by atoms with van der Waals surface area (Å²) in [5, 5.41) is 5.21. The van der Waals surface area contributed by atoms with Crippen LogP contribution in [0.1, 0.15) is 16.1 Å². The van der Waals surface area contributed by atoms with Crippen molar-refractivity contribution in [3.63, 3.8) is 0 Å². The molecule has 7 heteroatoms. The number of carbonyl (C=O) groups is 1. The highest BCUT2D eigenvalue weighted by molar-refractivity contribution is 5.96. The van der Waals surface area contributed by atoms with E-state index in [9.17, 15) is 4.79 Å². The van der Waals surface area contributed by atoms with Gasteiger partial charge in [-0.1, -0.05) is 0 Å². The van der Waals surface area contributed by atoms with Crippen molar-refractivity contribution >= 4 is 16.7 Å². The largest absolute Gasteiger partial charge is 1.00 e. The number of aryl methyl sites for hydroxylation is 1. The quantitative estimate of drug-likeness (QED) is 0.399. The number of hydrogen-bond donors (Lipinski definition) is 1. The lowest BCUT2D eigenvalue weighted by Crippen LogP contribution is -3.00. The van der Waals surface area contributed by atoms with E-state index in [1.807, 2.05) is 29.9 Å². The number of hydrogen-bond acceptors (Lipinski definition) is 4. The number of pyridine rings is 1. The van der Waals surface area contributed by atoms with Crippen LogP contribution >= 0.6 is 0 Å². The molecule has 1 aromatic heterocycles. The Balaban J connectivity index is 0.00000280. The van der Waals surface area contributed by atoms with E-state index in [1.54, 1.807) is 12.1 Å². The van der Waals surface area contributed by atoms with Crippen LogP contribution in [0, 0.1) is 0 Å². The molecule has 1 heterocycles. The number of carbonyl (C=O) groups excluding carboxylic acids is 1. The van der Waals surface area contributed by atoms with Crippen LogP contribution in [0.25, 0.3) is 10.8 Å². The molecule has 0 saturated carbocycles. The van der Waals surface area contributed by atoms with Crippen molar-refractivity contribution in [2.24, 2.45) is 7.05 Å². The number of benzene rings is 2. The van der Waals surface area contributed by atoms with E-state index < -0.39 is 0 Å². The summed E-state index contributed by atoms with van der Waals surface area (Å²) in [7, 11) is 6.54. The van der Waals surface area contributed by atoms with Gasteiger partial charge in [-0.3, -0.25) is 9.36 Å². The zero-order valence-electron chi connectivity index (χ0n) is 16.3. The summed E-state index contributed by atoms with van der Waals surface area (Å²) >= 11 is 0. The second-order valence-corrected chi connectivity index (χ2v) is 6.06. The third-order valence-electron chi connectivity index (χ3n) is 4.52. The minimum atomic E-state index is -0.220. The predicted octanol–water partition coefficient (Wildman–Crippen LogP) is 0.419. The van der Waals surface area contributed by atoms with Crippen LogP contribution in [0.4, 0.5) is 0 Å². The van der Waals surface area contributed by atoms with Crippen LogP contribution in [-0.2, 0) is 13.6 Å². The summed E-state index contributed by atoms with van der Waals surface area (Å²) in [5.41, 5.74) is 1.46. The predicted molar refractivity (Wildman–Crippen MR) is 105 cm³/mol. The lowest BCUT2D eigenvalue weighted by atomic mass is 10.1. The minimum Gasteiger partial charge on any atom is -1.00 e. The standard InChI is InChI=1S/C21H22N2O4.HI/c1-23-10-9-14-7-5-6-8-16(14)17(23)13-22-21(24)15-11-18(25-2)20(27-4)19(12-15)26-3;/h5-12H,13H2,1-4H3;1H. The van der Waals surface area contributed by atoms with Crippen LogP contribution in [0.5, 0.6) is 17.2 Å². The number of amides is 1. The minimum absolute atomic E-state index is 0. The summed E-state index contributed by atoms with van der Waals surface area (Å²) in [6.07, 6.45) is 1.99. The first-order valence-corrected chi connectivity index (χ1v) is 8.53. The molecule has 0 atom stereocenters. The second kappa shape index (κ2) is 9.59. The van der Waals surface area contributed by atoms with Crippen LogP contribution < -0.4 is 43.5 Å². The average Bonchev–Trinajstić information content (AvgIpc) is 2.71. The number of nitrogens with zero attached hydrogens (tertiary/aromatic N) is 1. The highest BCUT2D eigenvalue weighted by atomic mass is 127. The molecule has 3 rings (SSSR count). The number of methoxy groups -OCH3 is 3. The summed E-state index contributed by atoms with van der Waals surface area (Å²) in [6.45, 7) is 0.396.